The zero-order chi connectivity index (χ0) is 20.4. The first-order valence-electron chi connectivity index (χ1n) is 9.43. The molecule has 2 aromatic rings. The highest BCUT2D eigenvalue weighted by atomic mass is 16.5. The number of rotatable bonds is 7. The Morgan fingerprint density at radius 3 is 2.64 bits per heavy atom. The second-order valence-electron chi connectivity index (χ2n) is 7.82. The van der Waals surface area contributed by atoms with Crippen LogP contribution in [0, 0.1) is 28.6 Å². The summed E-state index contributed by atoms with van der Waals surface area (Å²) in [6, 6.07) is 17.8. The van der Waals surface area contributed by atoms with Crippen molar-refractivity contribution in [1.82, 2.24) is 4.90 Å². The van der Waals surface area contributed by atoms with Gasteiger partial charge in [0, 0.05) is 24.1 Å². The van der Waals surface area contributed by atoms with Crippen molar-refractivity contribution in [2.45, 2.75) is 33.9 Å². The van der Waals surface area contributed by atoms with Crippen LogP contribution in [-0.4, -0.2) is 18.5 Å². The van der Waals surface area contributed by atoms with Crippen LogP contribution in [0.5, 0.6) is 5.75 Å². The highest BCUT2D eigenvalue weighted by Crippen LogP contribution is 2.17. The van der Waals surface area contributed by atoms with Crippen LogP contribution in [0.15, 0.2) is 60.7 Å². The van der Waals surface area contributed by atoms with Gasteiger partial charge in [-0.15, -0.1) is 0 Å². The Labute approximate surface area is 169 Å². The first-order valence-corrected chi connectivity index (χ1v) is 9.43. The van der Waals surface area contributed by atoms with Crippen molar-refractivity contribution >= 4 is 0 Å². The van der Waals surface area contributed by atoms with Crippen LogP contribution in [0.3, 0.4) is 0 Å². The van der Waals surface area contributed by atoms with Crippen molar-refractivity contribution in [3.8, 4) is 23.7 Å². The van der Waals surface area contributed by atoms with Crippen molar-refractivity contribution in [1.29, 1.82) is 5.26 Å². The molecule has 2 aromatic carbocycles. The standard InChI is InChI=1S/C25H28N2O/c1-25(2,3)15-8-5-9-16-27(4)19-21-11-10-14-24(17-21)28-20-23-13-7-6-12-22(23)18-26/h5-7,9-14,17H,16,19-20H2,1-4H3. The molecule has 0 bridgehead atoms. The molecule has 0 aliphatic carbocycles. The van der Waals surface area contributed by atoms with Gasteiger partial charge in [-0.1, -0.05) is 48.2 Å². The van der Waals surface area contributed by atoms with Gasteiger partial charge in [0.05, 0.1) is 11.6 Å². The predicted molar refractivity (Wildman–Crippen MR) is 115 cm³/mol. The number of hydrogen-bond acceptors (Lipinski definition) is 3. The number of hydrogen-bond donors (Lipinski definition) is 0. The predicted octanol–water partition coefficient (Wildman–Crippen LogP) is 5.17. The van der Waals surface area contributed by atoms with Gasteiger partial charge in [-0.05, 0) is 57.7 Å². The Morgan fingerprint density at radius 1 is 1.11 bits per heavy atom. The molecule has 0 fully saturated rings. The minimum Gasteiger partial charge on any atom is -0.489 e. The molecule has 0 heterocycles. The van der Waals surface area contributed by atoms with E-state index in [0.29, 0.717) is 12.2 Å². The molecule has 0 saturated carbocycles. The van der Waals surface area contributed by atoms with Gasteiger partial charge in [-0.2, -0.15) is 5.26 Å². The van der Waals surface area contributed by atoms with E-state index in [9.17, 15) is 5.26 Å². The molecule has 0 atom stereocenters. The summed E-state index contributed by atoms with van der Waals surface area (Å²) in [6.45, 7) is 8.36. The van der Waals surface area contributed by atoms with Gasteiger partial charge in [0.15, 0.2) is 0 Å². The molecule has 3 nitrogen and oxygen atoms in total. The van der Waals surface area contributed by atoms with Crippen LogP contribution in [0.25, 0.3) is 0 Å². The normalized spacial score (nSPS) is 11.1. The third kappa shape index (κ3) is 7.70. The molecule has 0 amide bonds. The minimum absolute atomic E-state index is 0.0322. The quantitative estimate of drug-likeness (QED) is 0.629. The molecule has 3 heteroatoms. The summed E-state index contributed by atoms with van der Waals surface area (Å²) in [5.41, 5.74) is 2.77. The summed E-state index contributed by atoms with van der Waals surface area (Å²) in [6.07, 6.45) is 4.01. The van der Waals surface area contributed by atoms with Crippen molar-refractivity contribution in [2.75, 3.05) is 13.6 Å². The molecule has 0 aliphatic heterocycles. The summed E-state index contributed by atoms with van der Waals surface area (Å²) in [7, 11) is 2.08. The van der Waals surface area contributed by atoms with E-state index in [1.165, 1.54) is 5.56 Å². The molecule has 144 valence electrons. The topological polar surface area (TPSA) is 36.3 Å². The molecule has 0 unspecified atom stereocenters. The zero-order valence-corrected chi connectivity index (χ0v) is 17.2. The van der Waals surface area contributed by atoms with E-state index in [0.717, 1.165) is 24.4 Å². The maximum absolute atomic E-state index is 9.18. The van der Waals surface area contributed by atoms with E-state index in [1.807, 2.05) is 42.5 Å². The monoisotopic (exact) mass is 372 g/mol. The van der Waals surface area contributed by atoms with Gasteiger partial charge in [0.2, 0.25) is 0 Å². The largest absolute Gasteiger partial charge is 0.489 e. The summed E-state index contributed by atoms with van der Waals surface area (Å²) >= 11 is 0. The number of ether oxygens (including phenoxy) is 1. The average molecular weight is 373 g/mol. The molecule has 0 aromatic heterocycles. The van der Waals surface area contributed by atoms with E-state index in [2.05, 4.69) is 68.8 Å². The third-order valence-corrected chi connectivity index (χ3v) is 3.95. The highest BCUT2D eigenvalue weighted by molar-refractivity contribution is 5.37. The smallest absolute Gasteiger partial charge is 0.120 e. The van der Waals surface area contributed by atoms with Crippen molar-refractivity contribution < 1.29 is 4.74 Å². The van der Waals surface area contributed by atoms with E-state index < -0.39 is 0 Å². The minimum atomic E-state index is 0.0322. The fourth-order valence-corrected chi connectivity index (χ4v) is 2.58. The highest BCUT2D eigenvalue weighted by Gasteiger charge is 2.04. The van der Waals surface area contributed by atoms with Crippen LogP contribution in [-0.2, 0) is 13.2 Å². The molecule has 0 aliphatic rings. The lowest BCUT2D eigenvalue weighted by Gasteiger charge is -2.15. The molecule has 0 spiro atoms. The molecular weight excluding hydrogens is 344 g/mol. The number of nitriles is 1. The van der Waals surface area contributed by atoms with Crippen LogP contribution in [0.2, 0.25) is 0 Å². The molecule has 0 N–H and O–H groups in total. The van der Waals surface area contributed by atoms with Crippen molar-refractivity contribution in [3.05, 3.63) is 77.4 Å². The molecule has 0 saturated heterocycles. The van der Waals surface area contributed by atoms with E-state index >= 15 is 0 Å². The third-order valence-electron chi connectivity index (χ3n) is 3.95. The van der Waals surface area contributed by atoms with Crippen LogP contribution < -0.4 is 4.74 Å². The number of benzene rings is 2. The van der Waals surface area contributed by atoms with Crippen molar-refractivity contribution in [2.24, 2.45) is 5.41 Å². The second kappa shape index (κ2) is 10.4. The summed E-state index contributed by atoms with van der Waals surface area (Å²) in [5, 5.41) is 9.18. The maximum atomic E-state index is 9.18. The van der Waals surface area contributed by atoms with Gasteiger partial charge in [0.1, 0.15) is 12.4 Å². The van der Waals surface area contributed by atoms with Crippen LogP contribution >= 0.6 is 0 Å². The number of likely N-dealkylation sites (N-methyl/N-ethyl adjacent to an activating group) is 1. The lowest BCUT2D eigenvalue weighted by atomic mass is 9.98. The summed E-state index contributed by atoms with van der Waals surface area (Å²) < 4.78 is 5.90. The fraction of sp³-hybridized carbons (Fsp3) is 0.320. The van der Waals surface area contributed by atoms with Gasteiger partial charge < -0.3 is 4.74 Å². The number of allylic oxidation sites excluding steroid dienone is 1. The van der Waals surface area contributed by atoms with Gasteiger partial charge in [0.25, 0.3) is 0 Å². The van der Waals surface area contributed by atoms with E-state index in [4.69, 9.17) is 4.74 Å². The van der Waals surface area contributed by atoms with Gasteiger partial charge >= 0.3 is 0 Å². The maximum Gasteiger partial charge on any atom is 0.120 e. The Bertz CT molecular complexity index is 904. The van der Waals surface area contributed by atoms with E-state index in [1.54, 1.807) is 0 Å². The van der Waals surface area contributed by atoms with Crippen molar-refractivity contribution in [3.63, 3.8) is 0 Å². The molecular formula is C25H28N2O. The van der Waals surface area contributed by atoms with Gasteiger partial charge in [-0.3, -0.25) is 4.90 Å². The summed E-state index contributed by atoms with van der Waals surface area (Å²) in [5.74, 6) is 7.10. The Hall–Kier alpha value is -3.01. The first-order chi connectivity index (χ1) is 13.4. The zero-order valence-electron chi connectivity index (χ0n) is 17.2. The Balaban J connectivity index is 1.89. The molecule has 28 heavy (non-hydrogen) atoms. The lowest BCUT2D eigenvalue weighted by molar-refractivity contribution is 0.304. The molecule has 0 radical (unpaired) electrons. The Morgan fingerprint density at radius 2 is 1.89 bits per heavy atom. The summed E-state index contributed by atoms with van der Waals surface area (Å²) in [4.78, 5) is 2.22. The van der Waals surface area contributed by atoms with E-state index in [-0.39, 0.29) is 5.41 Å². The van der Waals surface area contributed by atoms with Gasteiger partial charge in [-0.25, -0.2) is 0 Å². The fourth-order valence-electron chi connectivity index (χ4n) is 2.58. The molecule has 2 rings (SSSR count). The second-order valence-corrected chi connectivity index (χ2v) is 7.82. The average Bonchev–Trinajstić information content (AvgIpc) is 2.65. The van der Waals surface area contributed by atoms with Crippen LogP contribution in [0.1, 0.15) is 37.5 Å². The SMILES string of the molecule is CN(CC=CC#CC(C)(C)C)Cc1cccc(OCc2ccccc2C#N)c1. The number of nitrogens with zero attached hydrogens (tertiary/aromatic N) is 2. The first kappa shape index (κ1) is 21.3. The lowest BCUT2D eigenvalue weighted by Crippen LogP contribution is -2.17. The Kier molecular flexibility index (Phi) is 7.88. The van der Waals surface area contributed by atoms with Crippen LogP contribution in [0.4, 0.5) is 0 Å².